The smallest absolute Gasteiger partial charge is 0.168 e. The third-order valence-electron chi connectivity index (χ3n) is 3.95. The van der Waals surface area contributed by atoms with Crippen LogP contribution in [0.4, 0.5) is 11.6 Å². The number of nitrogens with one attached hydrogen (secondary N) is 2. The number of aryl methyl sites for hydroxylation is 1. The van der Waals surface area contributed by atoms with E-state index in [2.05, 4.69) is 22.2 Å². The number of hydrogen-bond acceptors (Lipinski definition) is 3. The van der Waals surface area contributed by atoms with Crippen LogP contribution < -0.4 is 11.1 Å². The maximum Gasteiger partial charge on any atom is 0.168 e. The zero-order valence-electron chi connectivity index (χ0n) is 10.9. The van der Waals surface area contributed by atoms with Crippen molar-refractivity contribution in [2.45, 2.75) is 46.0 Å². The fraction of sp³-hybridized carbons (Fsp3) is 0.769. The average molecular weight is 236 g/mol. The van der Waals surface area contributed by atoms with Crippen LogP contribution >= 0.6 is 0 Å². The molecule has 1 aromatic rings. The standard InChI is InChI=1S/C13H24N4/c1-3-10-4-6-11(7-5-10)8-15-13-12(14)16-9(2)17-13/h10-11,15H,3-8,14H2,1-2H3,(H,16,17). The lowest BCUT2D eigenvalue weighted by atomic mass is 9.81. The summed E-state index contributed by atoms with van der Waals surface area (Å²) in [6.45, 7) is 5.23. The minimum absolute atomic E-state index is 0.657. The molecule has 0 atom stereocenters. The topological polar surface area (TPSA) is 66.7 Å². The first-order chi connectivity index (χ1) is 8.19. The summed E-state index contributed by atoms with van der Waals surface area (Å²) < 4.78 is 0. The van der Waals surface area contributed by atoms with Crippen LogP contribution in [0.1, 0.15) is 44.9 Å². The number of hydrogen-bond donors (Lipinski definition) is 3. The summed E-state index contributed by atoms with van der Waals surface area (Å²) in [5.74, 6) is 4.10. The van der Waals surface area contributed by atoms with E-state index in [-0.39, 0.29) is 0 Å². The summed E-state index contributed by atoms with van der Waals surface area (Å²) in [5, 5.41) is 3.37. The number of anilines is 2. The quantitative estimate of drug-likeness (QED) is 0.753. The SMILES string of the molecule is CCC1CCC(CNc2nc(C)[nH]c2N)CC1. The Bertz CT molecular complexity index is 350. The molecule has 1 aromatic heterocycles. The number of H-pyrrole nitrogens is 1. The van der Waals surface area contributed by atoms with Crippen molar-refractivity contribution in [3.63, 3.8) is 0 Å². The van der Waals surface area contributed by atoms with Gasteiger partial charge in [-0.3, -0.25) is 0 Å². The van der Waals surface area contributed by atoms with E-state index in [0.29, 0.717) is 5.82 Å². The largest absolute Gasteiger partial charge is 0.382 e. The van der Waals surface area contributed by atoms with Gasteiger partial charge in [-0.05, 0) is 31.6 Å². The van der Waals surface area contributed by atoms with Gasteiger partial charge in [-0.2, -0.15) is 0 Å². The van der Waals surface area contributed by atoms with Crippen LogP contribution in [-0.4, -0.2) is 16.5 Å². The highest BCUT2D eigenvalue weighted by Gasteiger charge is 2.20. The average Bonchev–Trinajstić information content (AvgIpc) is 2.66. The molecular weight excluding hydrogens is 212 g/mol. The molecule has 4 heteroatoms. The molecule has 96 valence electrons. The zero-order valence-corrected chi connectivity index (χ0v) is 10.9. The number of imidazole rings is 1. The predicted molar refractivity (Wildman–Crippen MR) is 72.0 cm³/mol. The second kappa shape index (κ2) is 5.43. The Kier molecular flexibility index (Phi) is 3.92. The van der Waals surface area contributed by atoms with E-state index in [1.54, 1.807) is 0 Å². The lowest BCUT2D eigenvalue weighted by Gasteiger charge is -2.27. The second-order valence-corrected chi connectivity index (χ2v) is 5.26. The molecule has 1 fully saturated rings. The van der Waals surface area contributed by atoms with Crippen molar-refractivity contribution in [2.75, 3.05) is 17.6 Å². The van der Waals surface area contributed by atoms with Crippen LogP contribution in [0.25, 0.3) is 0 Å². The van der Waals surface area contributed by atoms with E-state index >= 15 is 0 Å². The molecule has 17 heavy (non-hydrogen) atoms. The first-order valence-electron chi connectivity index (χ1n) is 6.75. The molecule has 0 spiro atoms. The van der Waals surface area contributed by atoms with Gasteiger partial charge in [-0.15, -0.1) is 0 Å². The van der Waals surface area contributed by atoms with Gasteiger partial charge < -0.3 is 16.0 Å². The highest BCUT2D eigenvalue weighted by atomic mass is 15.1. The Hall–Kier alpha value is -1.19. The van der Waals surface area contributed by atoms with Crippen molar-refractivity contribution >= 4 is 11.6 Å². The predicted octanol–water partition coefficient (Wildman–Crippen LogP) is 2.93. The van der Waals surface area contributed by atoms with Crippen LogP contribution in [-0.2, 0) is 0 Å². The van der Waals surface area contributed by atoms with Gasteiger partial charge in [-0.1, -0.05) is 26.2 Å². The third kappa shape index (κ3) is 3.14. The zero-order chi connectivity index (χ0) is 12.3. The summed E-state index contributed by atoms with van der Waals surface area (Å²) in [6.07, 6.45) is 6.80. The first kappa shape index (κ1) is 12.3. The van der Waals surface area contributed by atoms with Crippen molar-refractivity contribution in [3.8, 4) is 0 Å². The third-order valence-corrected chi connectivity index (χ3v) is 3.95. The molecular formula is C13H24N4. The van der Waals surface area contributed by atoms with Gasteiger partial charge in [0.05, 0.1) is 0 Å². The van der Waals surface area contributed by atoms with E-state index in [4.69, 9.17) is 5.73 Å². The molecule has 1 aliphatic carbocycles. The molecule has 1 saturated carbocycles. The van der Waals surface area contributed by atoms with Crippen molar-refractivity contribution < 1.29 is 0 Å². The van der Waals surface area contributed by atoms with Gasteiger partial charge in [0, 0.05) is 6.54 Å². The van der Waals surface area contributed by atoms with Gasteiger partial charge in [0.2, 0.25) is 0 Å². The molecule has 0 saturated heterocycles. The Morgan fingerprint density at radius 2 is 1.94 bits per heavy atom. The lowest BCUT2D eigenvalue weighted by molar-refractivity contribution is 0.278. The second-order valence-electron chi connectivity index (χ2n) is 5.26. The fourth-order valence-corrected chi connectivity index (χ4v) is 2.73. The Balaban J connectivity index is 1.77. The molecule has 0 radical (unpaired) electrons. The van der Waals surface area contributed by atoms with Gasteiger partial charge in [-0.25, -0.2) is 4.98 Å². The molecule has 2 rings (SSSR count). The van der Waals surface area contributed by atoms with E-state index in [9.17, 15) is 0 Å². The van der Waals surface area contributed by atoms with Crippen molar-refractivity contribution in [1.82, 2.24) is 9.97 Å². The molecule has 0 aromatic carbocycles. The molecule has 1 aliphatic rings. The fourth-order valence-electron chi connectivity index (χ4n) is 2.73. The normalized spacial score (nSPS) is 24.8. The minimum atomic E-state index is 0.657. The van der Waals surface area contributed by atoms with E-state index < -0.39 is 0 Å². The van der Waals surface area contributed by atoms with Crippen molar-refractivity contribution in [2.24, 2.45) is 11.8 Å². The Morgan fingerprint density at radius 1 is 1.29 bits per heavy atom. The number of aromatic nitrogens is 2. The lowest BCUT2D eigenvalue weighted by Crippen LogP contribution is -2.21. The molecule has 4 N–H and O–H groups in total. The number of nitrogens with two attached hydrogens (primary N) is 1. The highest BCUT2D eigenvalue weighted by Crippen LogP contribution is 2.30. The number of aromatic amines is 1. The Morgan fingerprint density at radius 3 is 2.47 bits per heavy atom. The molecule has 1 heterocycles. The number of rotatable bonds is 4. The summed E-state index contributed by atoms with van der Waals surface area (Å²) in [4.78, 5) is 7.35. The van der Waals surface area contributed by atoms with E-state index in [1.165, 1.54) is 32.1 Å². The maximum absolute atomic E-state index is 5.82. The van der Waals surface area contributed by atoms with Gasteiger partial charge in [0.15, 0.2) is 5.82 Å². The minimum Gasteiger partial charge on any atom is -0.382 e. The molecule has 4 nitrogen and oxygen atoms in total. The van der Waals surface area contributed by atoms with Gasteiger partial charge >= 0.3 is 0 Å². The van der Waals surface area contributed by atoms with Crippen LogP contribution in [0.2, 0.25) is 0 Å². The highest BCUT2D eigenvalue weighted by molar-refractivity contribution is 5.56. The van der Waals surface area contributed by atoms with Crippen molar-refractivity contribution in [1.29, 1.82) is 0 Å². The van der Waals surface area contributed by atoms with E-state index in [0.717, 1.165) is 30.0 Å². The molecule has 0 unspecified atom stereocenters. The van der Waals surface area contributed by atoms with Crippen LogP contribution in [0.3, 0.4) is 0 Å². The summed E-state index contributed by atoms with van der Waals surface area (Å²) in [6, 6.07) is 0. The van der Waals surface area contributed by atoms with Crippen LogP contribution in [0, 0.1) is 18.8 Å². The van der Waals surface area contributed by atoms with Gasteiger partial charge in [0.25, 0.3) is 0 Å². The summed E-state index contributed by atoms with van der Waals surface area (Å²) >= 11 is 0. The van der Waals surface area contributed by atoms with Gasteiger partial charge in [0.1, 0.15) is 11.6 Å². The first-order valence-corrected chi connectivity index (χ1v) is 6.75. The van der Waals surface area contributed by atoms with Crippen molar-refractivity contribution in [3.05, 3.63) is 5.82 Å². The monoisotopic (exact) mass is 236 g/mol. The van der Waals surface area contributed by atoms with Crippen LogP contribution in [0.5, 0.6) is 0 Å². The maximum atomic E-state index is 5.82. The Labute approximate surface area is 103 Å². The molecule has 0 bridgehead atoms. The summed E-state index contributed by atoms with van der Waals surface area (Å²) in [5.41, 5.74) is 5.82. The molecule has 0 amide bonds. The van der Waals surface area contributed by atoms with Crippen LogP contribution in [0.15, 0.2) is 0 Å². The number of nitrogens with zero attached hydrogens (tertiary/aromatic N) is 1. The number of nitrogen functional groups attached to an aromatic ring is 1. The van der Waals surface area contributed by atoms with E-state index in [1.807, 2.05) is 6.92 Å². The summed E-state index contributed by atoms with van der Waals surface area (Å²) in [7, 11) is 0. The molecule has 0 aliphatic heterocycles.